The van der Waals surface area contributed by atoms with Crippen LogP contribution in [0.25, 0.3) is 0 Å². The third-order valence-corrected chi connectivity index (χ3v) is 6.13. The molecule has 144 valence electrons. The molecule has 4 heteroatoms. The summed E-state index contributed by atoms with van der Waals surface area (Å²) in [5.74, 6) is 2.39. The first-order chi connectivity index (χ1) is 13.2. The van der Waals surface area contributed by atoms with E-state index in [-0.39, 0.29) is 11.8 Å². The molecule has 0 unspecified atom stereocenters. The van der Waals surface area contributed by atoms with Crippen LogP contribution >= 0.6 is 11.8 Å². The van der Waals surface area contributed by atoms with E-state index in [0.29, 0.717) is 0 Å². The third-order valence-electron chi connectivity index (χ3n) is 5.10. The molecule has 1 aliphatic rings. The number of benzene rings is 2. The number of hydrogen-bond donors (Lipinski definition) is 1. The smallest absolute Gasteiger partial charge is 0.223 e. The Morgan fingerprint density at radius 2 is 1.81 bits per heavy atom. The number of nitrogens with zero attached hydrogens (tertiary/aromatic N) is 1. The zero-order valence-electron chi connectivity index (χ0n) is 16.2. The number of rotatable bonds is 8. The van der Waals surface area contributed by atoms with Crippen molar-refractivity contribution in [2.45, 2.75) is 32.1 Å². The second kappa shape index (κ2) is 10.5. The van der Waals surface area contributed by atoms with Gasteiger partial charge in [0.1, 0.15) is 0 Å². The second-order valence-electron chi connectivity index (χ2n) is 7.37. The Balaban J connectivity index is 1.30. The summed E-state index contributed by atoms with van der Waals surface area (Å²) in [6, 6.07) is 19.2. The first kappa shape index (κ1) is 20.0. The van der Waals surface area contributed by atoms with Crippen LogP contribution in [0.5, 0.6) is 0 Å². The quantitative estimate of drug-likeness (QED) is 0.693. The highest BCUT2D eigenvalue weighted by atomic mass is 32.2. The Hall–Kier alpha value is -1.78. The largest absolute Gasteiger partial charge is 0.355 e. The molecule has 1 heterocycles. The summed E-state index contributed by atoms with van der Waals surface area (Å²) in [6.45, 7) is 5.91. The van der Waals surface area contributed by atoms with E-state index in [1.54, 1.807) is 0 Å². The number of hydrogen-bond acceptors (Lipinski definition) is 3. The van der Waals surface area contributed by atoms with Crippen LogP contribution in [0.1, 0.15) is 29.5 Å². The molecule has 27 heavy (non-hydrogen) atoms. The first-order valence-corrected chi connectivity index (χ1v) is 11.0. The molecule has 0 aromatic heterocycles. The van der Waals surface area contributed by atoms with Crippen LogP contribution in [0.15, 0.2) is 54.6 Å². The number of aryl methyl sites for hydroxylation is 1. The Bertz CT molecular complexity index is 711. The fraction of sp³-hybridized carbons (Fsp3) is 0.435. The lowest BCUT2D eigenvalue weighted by Gasteiger charge is -2.31. The van der Waals surface area contributed by atoms with Crippen molar-refractivity contribution < 1.29 is 4.79 Å². The topological polar surface area (TPSA) is 32.3 Å². The zero-order valence-corrected chi connectivity index (χ0v) is 17.0. The van der Waals surface area contributed by atoms with Gasteiger partial charge in [0.15, 0.2) is 0 Å². The maximum atomic E-state index is 12.4. The van der Waals surface area contributed by atoms with E-state index in [1.165, 1.54) is 16.7 Å². The van der Waals surface area contributed by atoms with Gasteiger partial charge in [-0.2, -0.15) is 11.8 Å². The highest BCUT2D eigenvalue weighted by Gasteiger charge is 2.24. The summed E-state index contributed by atoms with van der Waals surface area (Å²) in [6.07, 6.45) is 1.93. The van der Waals surface area contributed by atoms with Crippen LogP contribution in [0, 0.1) is 12.8 Å². The van der Waals surface area contributed by atoms with Gasteiger partial charge in [-0.15, -0.1) is 0 Å². The summed E-state index contributed by atoms with van der Waals surface area (Å²) in [4.78, 5) is 14.9. The molecule has 0 spiro atoms. The van der Waals surface area contributed by atoms with Crippen molar-refractivity contribution in [2.75, 3.05) is 25.4 Å². The van der Waals surface area contributed by atoms with Crippen molar-refractivity contribution in [2.24, 2.45) is 5.92 Å². The molecule has 1 N–H and O–H groups in total. The molecule has 1 aliphatic heterocycles. The summed E-state index contributed by atoms with van der Waals surface area (Å²) < 4.78 is 0. The molecule has 0 saturated carbocycles. The van der Waals surface area contributed by atoms with Crippen LogP contribution in [0.2, 0.25) is 0 Å². The fourth-order valence-electron chi connectivity index (χ4n) is 3.58. The number of carbonyl (C=O) groups excluding carboxylic acids is 1. The number of amides is 1. The van der Waals surface area contributed by atoms with Crippen LogP contribution in [0.4, 0.5) is 0 Å². The molecule has 1 saturated heterocycles. The Kier molecular flexibility index (Phi) is 7.79. The van der Waals surface area contributed by atoms with E-state index in [9.17, 15) is 4.79 Å². The molecule has 2 aromatic rings. The number of piperidine rings is 1. The van der Waals surface area contributed by atoms with E-state index in [2.05, 4.69) is 65.7 Å². The maximum Gasteiger partial charge on any atom is 0.223 e. The van der Waals surface area contributed by atoms with Gasteiger partial charge < -0.3 is 5.32 Å². The lowest BCUT2D eigenvalue weighted by atomic mass is 9.95. The average Bonchev–Trinajstić information content (AvgIpc) is 2.69. The minimum Gasteiger partial charge on any atom is -0.355 e. The minimum absolute atomic E-state index is 0.179. The normalized spacial score (nSPS) is 15.6. The SMILES string of the molecule is Cc1cccc(CN2CCC(C(=O)NCCSCc3ccccc3)CC2)c1. The van der Waals surface area contributed by atoms with Gasteiger partial charge in [0.25, 0.3) is 0 Å². The van der Waals surface area contributed by atoms with Gasteiger partial charge >= 0.3 is 0 Å². The van der Waals surface area contributed by atoms with Gasteiger partial charge in [0.2, 0.25) is 5.91 Å². The van der Waals surface area contributed by atoms with Crippen LogP contribution in [0.3, 0.4) is 0 Å². The molecule has 0 radical (unpaired) electrons. The van der Waals surface area contributed by atoms with Gasteiger partial charge in [0, 0.05) is 30.5 Å². The number of likely N-dealkylation sites (tertiary alicyclic amines) is 1. The van der Waals surface area contributed by atoms with Gasteiger partial charge in [0.05, 0.1) is 0 Å². The van der Waals surface area contributed by atoms with Crippen molar-refractivity contribution in [3.8, 4) is 0 Å². The molecular weight excluding hydrogens is 352 g/mol. The van der Waals surface area contributed by atoms with Gasteiger partial charge in [-0.25, -0.2) is 0 Å². The first-order valence-electron chi connectivity index (χ1n) is 9.88. The lowest BCUT2D eigenvalue weighted by Crippen LogP contribution is -2.40. The summed E-state index contributed by atoms with van der Waals surface area (Å²) >= 11 is 1.87. The van der Waals surface area contributed by atoms with Crippen LogP contribution in [-0.2, 0) is 17.1 Å². The highest BCUT2D eigenvalue weighted by molar-refractivity contribution is 7.98. The maximum absolute atomic E-state index is 12.4. The predicted molar refractivity (Wildman–Crippen MR) is 115 cm³/mol. The van der Waals surface area contributed by atoms with E-state index >= 15 is 0 Å². The van der Waals surface area contributed by atoms with Crippen LogP contribution in [-0.4, -0.2) is 36.2 Å². The van der Waals surface area contributed by atoms with Crippen molar-refractivity contribution in [1.82, 2.24) is 10.2 Å². The monoisotopic (exact) mass is 382 g/mol. The van der Waals surface area contributed by atoms with Gasteiger partial charge in [-0.1, -0.05) is 60.2 Å². The summed E-state index contributed by atoms with van der Waals surface area (Å²) in [7, 11) is 0. The Labute approximate surface area is 167 Å². The molecule has 0 bridgehead atoms. The average molecular weight is 383 g/mol. The molecule has 0 atom stereocenters. The fourth-order valence-corrected chi connectivity index (χ4v) is 4.40. The number of carbonyl (C=O) groups is 1. The van der Waals surface area contributed by atoms with Crippen molar-refractivity contribution in [3.05, 3.63) is 71.3 Å². The van der Waals surface area contributed by atoms with Crippen molar-refractivity contribution in [1.29, 1.82) is 0 Å². The van der Waals surface area contributed by atoms with Crippen LogP contribution < -0.4 is 5.32 Å². The Morgan fingerprint density at radius 1 is 1.07 bits per heavy atom. The summed E-state index contributed by atoms with van der Waals surface area (Å²) in [5.41, 5.74) is 4.02. The minimum atomic E-state index is 0.179. The summed E-state index contributed by atoms with van der Waals surface area (Å²) in [5, 5.41) is 3.13. The van der Waals surface area contributed by atoms with E-state index < -0.39 is 0 Å². The molecule has 3 rings (SSSR count). The Morgan fingerprint density at radius 3 is 2.56 bits per heavy atom. The predicted octanol–water partition coefficient (Wildman–Crippen LogP) is 4.26. The van der Waals surface area contributed by atoms with Crippen molar-refractivity contribution in [3.63, 3.8) is 0 Å². The standard InChI is InChI=1S/C23H30N2OS/c1-19-6-5-9-21(16-19)17-25-13-10-22(11-14-25)23(26)24-12-15-27-18-20-7-3-2-4-8-20/h2-9,16,22H,10-15,17-18H2,1H3,(H,24,26). The molecular formula is C23H30N2OS. The molecule has 3 nitrogen and oxygen atoms in total. The second-order valence-corrected chi connectivity index (χ2v) is 8.47. The third kappa shape index (κ3) is 6.71. The molecule has 2 aromatic carbocycles. The molecule has 1 amide bonds. The van der Waals surface area contributed by atoms with Gasteiger partial charge in [-0.05, 0) is 44.0 Å². The zero-order chi connectivity index (χ0) is 18.9. The molecule has 1 fully saturated rings. The van der Waals surface area contributed by atoms with E-state index in [4.69, 9.17) is 0 Å². The van der Waals surface area contributed by atoms with Gasteiger partial charge in [-0.3, -0.25) is 9.69 Å². The van der Waals surface area contributed by atoms with E-state index in [0.717, 1.165) is 50.5 Å². The van der Waals surface area contributed by atoms with E-state index in [1.807, 2.05) is 17.8 Å². The number of nitrogens with one attached hydrogen (secondary N) is 1. The highest BCUT2D eigenvalue weighted by Crippen LogP contribution is 2.19. The lowest BCUT2D eigenvalue weighted by molar-refractivity contribution is -0.126. The number of thioether (sulfide) groups is 1. The molecule has 0 aliphatic carbocycles. The van der Waals surface area contributed by atoms with Crippen molar-refractivity contribution >= 4 is 17.7 Å².